The lowest BCUT2D eigenvalue weighted by Gasteiger charge is -2.18. The van der Waals surface area contributed by atoms with Crippen LogP contribution in [0.5, 0.6) is 5.75 Å². The number of carbonyl (C=O) groups is 3. The molecule has 4 N–H and O–H groups in total. The van der Waals surface area contributed by atoms with Crippen LogP contribution in [-0.2, 0) is 27.4 Å². The predicted octanol–water partition coefficient (Wildman–Crippen LogP) is 2.74. The van der Waals surface area contributed by atoms with Crippen LogP contribution in [0.4, 0.5) is 5.69 Å². The van der Waals surface area contributed by atoms with Crippen LogP contribution in [0.25, 0.3) is 0 Å². The number of allylic oxidation sites excluding steroid dienone is 1. The highest BCUT2D eigenvalue weighted by Gasteiger charge is 2.21. The lowest BCUT2D eigenvalue weighted by atomic mass is 10.0. The molecule has 3 atom stereocenters. The van der Waals surface area contributed by atoms with Gasteiger partial charge in [-0.25, -0.2) is 0 Å². The number of carbonyl (C=O) groups excluding carboxylic acids is 3. The van der Waals surface area contributed by atoms with E-state index in [1.165, 1.54) is 13.0 Å². The predicted molar refractivity (Wildman–Crippen MR) is 136 cm³/mol. The number of aliphatic hydroxyl groups excluding tert-OH is 1. The quantitative estimate of drug-likeness (QED) is 0.330. The number of benzene rings is 2. The van der Waals surface area contributed by atoms with E-state index in [-0.39, 0.29) is 6.54 Å². The lowest BCUT2D eigenvalue weighted by Crippen LogP contribution is -2.47. The second-order valence-corrected chi connectivity index (χ2v) is 8.10. The molecule has 0 spiro atoms. The standard InChI is InChI=1S/C27H33N3O5/c1-5-10-21-13-14-22(35-17-20-11-8-7-9-12-20)15-23(21)30-27(34)19(4)29-25(32)16-28-26(33)18(3)24(31)6-2/h5-9,11-15,18-19,24,31H,1-2,10,16-17H2,3-4H3,(H,28,33)(H,29,32)(H,30,34)/t18-,19+,24-/m0/s1. The third-order valence-corrected chi connectivity index (χ3v) is 5.31. The van der Waals surface area contributed by atoms with E-state index in [1.807, 2.05) is 42.5 Å². The summed E-state index contributed by atoms with van der Waals surface area (Å²) in [5.41, 5.74) is 2.42. The van der Waals surface area contributed by atoms with Gasteiger partial charge in [0.1, 0.15) is 18.4 Å². The number of amides is 3. The molecule has 35 heavy (non-hydrogen) atoms. The Morgan fingerprint density at radius 1 is 1.06 bits per heavy atom. The molecule has 0 aliphatic heterocycles. The maximum absolute atomic E-state index is 12.7. The molecule has 0 saturated carbocycles. The van der Waals surface area contributed by atoms with Crippen molar-refractivity contribution >= 4 is 23.4 Å². The normalized spacial score (nSPS) is 13.0. The molecule has 0 unspecified atom stereocenters. The average Bonchev–Trinajstić information content (AvgIpc) is 2.86. The molecule has 0 saturated heterocycles. The number of rotatable bonds is 13. The van der Waals surface area contributed by atoms with Crippen LogP contribution in [0.1, 0.15) is 25.0 Å². The van der Waals surface area contributed by atoms with Gasteiger partial charge in [-0.1, -0.05) is 55.5 Å². The molecule has 0 bridgehead atoms. The highest BCUT2D eigenvalue weighted by atomic mass is 16.5. The fourth-order valence-corrected chi connectivity index (χ4v) is 3.12. The van der Waals surface area contributed by atoms with Gasteiger partial charge in [0.25, 0.3) is 0 Å². The first-order valence-electron chi connectivity index (χ1n) is 11.3. The smallest absolute Gasteiger partial charge is 0.246 e. The monoisotopic (exact) mass is 479 g/mol. The Balaban J connectivity index is 1.96. The Bertz CT molecular complexity index is 1040. The van der Waals surface area contributed by atoms with Gasteiger partial charge in [0.05, 0.1) is 18.6 Å². The van der Waals surface area contributed by atoms with Gasteiger partial charge >= 0.3 is 0 Å². The van der Waals surface area contributed by atoms with Crippen LogP contribution in [0, 0.1) is 5.92 Å². The molecule has 2 rings (SSSR count). The number of nitrogens with one attached hydrogen (secondary N) is 3. The first-order chi connectivity index (χ1) is 16.7. The molecule has 0 aliphatic rings. The molecule has 3 amide bonds. The largest absolute Gasteiger partial charge is 0.489 e. The van der Waals surface area contributed by atoms with E-state index < -0.39 is 35.8 Å². The summed E-state index contributed by atoms with van der Waals surface area (Å²) in [5.74, 6) is -1.61. The molecular formula is C27H33N3O5. The maximum Gasteiger partial charge on any atom is 0.246 e. The Hall–Kier alpha value is -3.91. The van der Waals surface area contributed by atoms with Gasteiger partial charge in [-0.15, -0.1) is 13.2 Å². The number of ether oxygens (including phenoxy) is 1. The lowest BCUT2D eigenvalue weighted by molar-refractivity contribution is -0.130. The van der Waals surface area contributed by atoms with Gasteiger partial charge in [0.15, 0.2) is 0 Å². The summed E-state index contributed by atoms with van der Waals surface area (Å²) in [6.45, 7) is 10.3. The Morgan fingerprint density at radius 3 is 2.43 bits per heavy atom. The molecular weight excluding hydrogens is 446 g/mol. The van der Waals surface area contributed by atoms with Crippen LogP contribution in [0.3, 0.4) is 0 Å². The SMILES string of the molecule is C=CCc1ccc(OCc2ccccc2)cc1NC(=O)[C@@H](C)NC(=O)CNC(=O)[C@@H](C)[C@@H](O)C=C. The van der Waals surface area contributed by atoms with Crippen molar-refractivity contribution in [1.29, 1.82) is 0 Å². The van der Waals surface area contributed by atoms with Crippen molar-refractivity contribution in [3.8, 4) is 5.75 Å². The fraction of sp³-hybridized carbons (Fsp3) is 0.296. The van der Waals surface area contributed by atoms with Crippen molar-refractivity contribution < 1.29 is 24.2 Å². The van der Waals surface area contributed by atoms with E-state index in [9.17, 15) is 19.5 Å². The van der Waals surface area contributed by atoms with Crippen LogP contribution in [-0.4, -0.2) is 41.5 Å². The summed E-state index contributed by atoms with van der Waals surface area (Å²) in [4.78, 5) is 36.9. The summed E-state index contributed by atoms with van der Waals surface area (Å²) in [6.07, 6.45) is 2.50. The minimum atomic E-state index is -1.01. The zero-order chi connectivity index (χ0) is 25.8. The van der Waals surface area contributed by atoms with Crippen molar-refractivity contribution in [2.75, 3.05) is 11.9 Å². The van der Waals surface area contributed by atoms with E-state index >= 15 is 0 Å². The maximum atomic E-state index is 12.7. The van der Waals surface area contributed by atoms with Crippen LogP contribution in [0.15, 0.2) is 73.8 Å². The zero-order valence-electron chi connectivity index (χ0n) is 20.1. The molecule has 0 aliphatic carbocycles. The number of hydrogen-bond donors (Lipinski definition) is 4. The van der Waals surface area contributed by atoms with Gasteiger partial charge in [0.2, 0.25) is 17.7 Å². The third kappa shape index (κ3) is 8.75. The van der Waals surface area contributed by atoms with Gasteiger partial charge < -0.3 is 25.8 Å². The summed E-state index contributed by atoms with van der Waals surface area (Å²) in [6, 6.07) is 14.3. The van der Waals surface area contributed by atoms with Crippen molar-refractivity contribution in [3.05, 3.63) is 85.0 Å². The summed E-state index contributed by atoms with van der Waals surface area (Å²) in [7, 11) is 0. The van der Waals surface area contributed by atoms with Crippen molar-refractivity contribution in [2.45, 2.75) is 39.0 Å². The van der Waals surface area contributed by atoms with E-state index in [2.05, 4.69) is 29.1 Å². The highest BCUT2D eigenvalue weighted by molar-refractivity contribution is 5.98. The first-order valence-corrected chi connectivity index (χ1v) is 11.3. The van der Waals surface area contributed by atoms with Crippen LogP contribution < -0.4 is 20.7 Å². The van der Waals surface area contributed by atoms with Crippen LogP contribution >= 0.6 is 0 Å². The van der Waals surface area contributed by atoms with Gasteiger partial charge in [-0.2, -0.15) is 0 Å². The second-order valence-electron chi connectivity index (χ2n) is 8.10. The Labute approximate surface area is 206 Å². The van der Waals surface area contributed by atoms with E-state index in [4.69, 9.17) is 4.74 Å². The second kappa shape index (κ2) is 13.7. The van der Waals surface area contributed by atoms with Crippen LogP contribution in [0.2, 0.25) is 0 Å². The molecule has 0 aromatic heterocycles. The van der Waals surface area contributed by atoms with Crippen molar-refractivity contribution in [2.24, 2.45) is 5.92 Å². The third-order valence-electron chi connectivity index (χ3n) is 5.31. The summed E-state index contributed by atoms with van der Waals surface area (Å²) in [5, 5.41) is 17.5. The van der Waals surface area contributed by atoms with Gasteiger partial charge in [0, 0.05) is 11.8 Å². The Kier molecular flexibility index (Phi) is 10.7. The van der Waals surface area contributed by atoms with Gasteiger partial charge in [-0.05, 0) is 30.5 Å². The van der Waals surface area contributed by atoms with E-state index in [0.29, 0.717) is 24.5 Å². The fourth-order valence-electron chi connectivity index (χ4n) is 3.12. The molecule has 0 heterocycles. The zero-order valence-corrected chi connectivity index (χ0v) is 20.1. The van der Waals surface area contributed by atoms with Gasteiger partial charge in [-0.3, -0.25) is 14.4 Å². The molecule has 2 aromatic rings. The molecule has 2 aromatic carbocycles. The molecule has 0 fully saturated rings. The topological polar surface area (TPSA) is 117 Å². The average molecular weight is 480 g/mol. The molecule has 0 radical (unpaired) electrons. The Morgan fingerprint density at radius 2 is 1.77 bits per heavy atom. The van der Waals surface area contributed by atoms with E-state index in [0.717, 1.165) is 11.1 Å². The molecule has 8 heteroatoms. The first kappa shape index (κ1) is 27.3. The minimum absolute atomic E-state index is 0.324. The summed E-state index contributed by atoms with van der Waals surface area (Å²) < 4.78 is 5.86. The number of anilines is 1. The van der Waals surface area contributed by atoms with Crippen molar-refractivity contribution in [3.63, 3.8) is 0 Å². The van der Waals surface area contributed by atoms with E-state index in [1.54, 1.807) is 19.1 Å². The minimum Gasteiger partial charge on any atom is -0.489 e. The molecule has 8 nitrogen and oxygen atoms in total. The highest BCUT2D eigenvalue weighted by Crippen LogP contribution is 2.24. The van der Waals surface area contributed by atoms with Crippen molar-refractivity contribution in [1.82, 2.24) is 10.6 Å². The summed E-state index contributed by atoms with van der Waals surface area (Å²) >= 11 is 0. The number of hydrogen-bond acceptors (Lipinski definition) is 5. The molecule has 186 valence electrons. The number of aliphatic hydroxyl groups is 1.